The highest BCUT2D eigenvalue weighted by molar-refractivity contribution is 6.22. The van der Waals surface area contributed by atoms with Crippen molar-refractivity contribution in [3.8, 4) is 45.7 Å². The van der Waals surface area contributed by atoms with Crippen LogP contribution in [0.1, 0.15) is 11.1 Å². The van der Waals surface area contributed by atoms with Crippen LogP contribution in [0.4, 0.5) is 0 Å². The lowest BCUT2D eigenvalue weighted by molar-refractivity contribution is 1.05. The number of fused-ring (bicyclic) bond motifs is 5. The van der Waals surface area contributed by atoms with Crippen LogP contribution in [0.25, 0.3) is 78.1 Å². The Kier molecular flexibility index (Phi) is 6.12. The minimum absolute atomic E-state index is 0.465. The van der Waals surface area contributed by atoms with Gasteiger partial charge in [0.05, 0.1) is 23.6 Å². The average Bonchev–Trinajstić information content (AvgIpc) is 3.08. The molecule has 208 valence electrons. The van der Waals surface area contributed by atoms with E-state index in [-0.39, 0.29) is 0 Å². The molecule has 0 aliphatic heterocycles. The monoisotopic (exact) mass is 566 g/mol. The van der Waals surface area contributed by atoms with E-state index in [1.54, 1.807) is 12.4 Å². The van der Waals surface area contributed by atoms with Crippen molar-refractivity contribution in [1.29, 1.82) is 0 Å². The Bertz CT molecular complexity index is 2250. The number of hydrogen-bond acceptors (Lipinski definition) is 6. The highest BCUT2D eigenvalue weighted by atomic mass is 15.1. The van der Waals surface area contributed by atoms with Crippen LogP contribution in [0.15, 0.2) is 122 Å². The van der Waals surface area contributed by atoms with E-state index < -0.39 is 0 Å². The zero-order chi connectivity index (χ0) is 29.6. The maximum absolute atomic E-state index is 5.06. The molecule has 3 heterocycles. The van der Waals surface area contributed by atoms with Gasteiger partial charge in [-0.05, 0) is 30.7 Å². The summed E-state index contributed by atoms with van der Waals surface area (Å²) in [5.41, 5.74) is 7.13. The molecule has 0 N–H and O–H groups in total. The molecule has 0 bridgehead atoms. The van der Waals surface area contributed by atoms with Crippen molar-refractivity contribution >= 4 is 32.4 Å². The fourth-order valence-corrected chi connectivity index (χ4v) is 5.64. The minimum atomic E-state index is 0.465. The number of rotatable bonds is 4. The van der Waals surface area contributed by atoms with Gasteiger partial charge >= 0.3 is 0 Å². The van der Waals surface area contributed by atoms with E-state index in [1.807, 2.05) is 36.4 Å². The Hall–Kier alpha value is -5.88. The van der Waals surface area contributed by atoms with E-state index in [9.17, 15) is 0 Å². The Balaban J connectivity index is 1.27. The molecule has 0 saturated heterocycles. The second-order valence-corrected chi connectivity index (χ2v) is 11.0. The van der Waals surface area contributed by atoms with Gasteiger partial charge in [-0.15, -0.1) is 0 Å². The molecule has 6 heteroatoms. The van der Waals surface area contributed by atoms with E-state index in [0.717, 1.165) is 38.5 Å². The molecule has 0 saturated carbocycles. The summed E-state index contributed by atoms with van der Waals surface area (Å²) in [4.78, 5) is 29.2. The summed E-state index contributed by atoms with van der Waals surface area (Å²) in [6.07, 6.45) is 3.49. The summed E-state index contributed by atoms with van der Waals surface area (Å²) in [7, 11) is 0. The third kappa shape index (κ3) is 4.53. The summed E-state index contributed by atoms with van der Waals surface area (Å²) < 4.78 is 0. The SMILES string of the molecule is Cc1ccc(-c2nc(-c3ccc(C)cc3)nc(-c3cnc(-c4nc5ccccc5c5c4ccc4ccccc45)cn3)n2)cc1. The minimum Gasteiger partial charge on any atom is -0.251 e. The van der Waals surface area contributed by atoms with Gasteiger partial charge in [0.25, 0.3) is 0 Å². The zero-order valence-electron chi connectivity index (χ0n) is 24.2. The molecule has 0 aliphatic rings. The molecular weight excluding hydrogens is 540 g/mol. The van der Waals surface area contributed by atoms with Crippen LogP contribution in [-0.4, -0.2) is 29.9 Å². The van der Waals surface area contributed by atoms with Crippen molar-refractivity contribution in [2.24, 2.45) is 0 Å². The van der Waals surface area contributed by atoms with Gasteiger partial charge in [0.2, 0.25) is 0 Å². The lowest BCUT2D eigenvalue weighted by atomic mass is 9.97. The van der Waals surface area contributed by atoms with Crippen LogP contribution in [0.5, 0.6) is 0 Å². The standard InChI is InChI=1S/C38H26N6/c1-23-11-15-26(16-12-23)36-42-37(27-17-13-24(2)14-18-27)44-38(43-36)33-22-39-32(21-40-33)35-30-20-19-25-7-3-4-8-28(25)34(30)29-9-5-6-10-31(29)41-35/h3-22H,1-2H3. The number of para-hydroxylation sites is 1. The van der Waals surface area contributed by atoms with Gasteiger partial charge in [-0.25, -0.2) is 24.9 Å². The Morgan fingerprint density at radius 3 is 1.66 bits per heavy atom. The largest absolute Gasteiger partial charge is 0.251 e. The fourth-order valence-electron chi connectivity index (χ4n) is 5.64. The number of aryl methyl sites for hydroxylation is 2. The van der Waals surface area contributed by atoms with Gasteiger partial charge in [0.15, 0.2) is 17.5 Å². The molecule has 3 aromatic heterocycles. The topological polar surface area (TPSA) is 77.3 Å². The smallest absolute Gasteiger partial charge is 0.184 e. The van der Waals surface area contributed by atoms with Crippen molar-refractivity contribution in [3.05, 3.63) is 133 Å². The molecule has 8 rings (SSSR count). The van der Waals surface area contributed by atoms with Crippen molar-refractivity contribution in [3.63, 3.8) is 0 Å². The molecule has 0 fully saturated rings. The maximum Gasteiger partial charge on any atom is 0.184 e. The average molecular weight is 567 g/mol. The van der Waals surface area contributed by atoms with E-state index in [4.69, 9.17) is 29.9 Å². The van der Waals surface area contributed by atoms with E-state index in [0.29, 0.717) is 28.9 Å². The van der Waals surface area contributed by atoms with Gasteiger partial charge in [-0.1, -0.05) is 114 Å². The molecule has 6 nitrogen and oxygen atoms in total. The van der Waals surface area contributed by atoms with E-state index in [1.165, 1.54) is 21.9 Å². The number of nitrogens with zero attached hydrogens (tertiary/aromatic N) is 6. The van der Waals surface area contributed by atoms with Crippen molar-refractivity contribution < 1.29 is 0 Å². The Morgan fingerprint density at radius 2 is 1.00 bits per heavy atom. The first-order valence-electron chi connectivity index (χ1n) is 14.5. The lowest BCUT2D eigenvalue weighted by Gasteiger charge is -2.12. The van der Waals surface area contributed by atoms with Crippen LogP contribution in [0, 0.1) is 13.8 Å². The Labute approximate surface area is 254 Å². The number of benzene rings is 5. The summed E-state index contributed by atoms with van der Waals surface area (Å²) in [5.74, 6) is 1.64. The zero-order valence-corrected chi connectivity index (χ0v) is 24.2. The van der Waals surface area contributed by atoms with Crippen LogP contribution in [-0.2, 0) is 0 Å². The molecule has 0 amide bonds. The van der Waals surface area contributed by atoms with Crippen LogP contribution >= 0.6 is 0 Å². The van der Waals surface area contributed by atoms with Crippen molar-refractivity contribution in [2.45, 2.75) is 13.8 Å². The molecule has 0 atom stereocenters. The summed E-state index contributed by atoms with van der Waals surface area (Å²) in [6, 6.07) is 37.3. The first-order valence-corrected chi connectivity index (χ1v) is 14.5. The third-order valence-corrected chi connectivity index (χ3v) is 7.97. The normalized spacial score (nSPS) is 11.4. The lowest BCUT2D eigenvalue weighted by Crippen LogP contribution is -2.02. The van der Waals surface area contributed by atoms with Gasteiger partial charge in [0, 0.05) is 27.3 Å². The predicted molar refractivity (Wildman–Crippen MR) is 177 cm³/mol. The highest BCUT2D eigenvalue weighted by Gasteiger charge is 2.17. The second kappa shape index (κ2) is 10.4. The summed E-state index contributed by atoms with van der Waals surface area (Å²) >= 11 is 0. The molecule has 0 unspecified atom stereocenters. The van der Waals surface area contributed by atoms with Gasteiger partial charge in [0.1, 0.15) is 11.4 Å². The second-order valence-electron chi connectivity index (χ2n) is 11.0. The number of hydrogen-bond donors (Lipinski definition) is 0. The van der Waals surface area contributed by atoms with Gasteiger partial charge in [-0.3, -0.25) is 4.98 Å². The number of pyridine rings is 1. The van der Waals surface area contributed by atoms with E-state index >= 15 is 0 Å². The van der Waals surface area contributed by atoms with Crippen molar-refractivity contribution in [1.82, 2.24) is 29.9 Å². The molecule has 8 aromatic rings. The van der Waals surface area contributed by atoms with Gasteiger partial charge < -0.3 is 0 Å². The fraction of sp³-hybridized carbons (Fsp3) is 0.0526. The first-order chi connectivity index (χ1) is 21.6. The third-order valence-electron chi connectivity index (χ3n) is 7.97. The first kappa shape index (κ1) is 25.8. The molecule has 44 heavy (non-hydrogen) atoms. The Morgan fingerprint density at radius 1 is 0.432 bits per heavy atom. The van der Waals surface area contributed by atoms with Crippen LogP contribution in [0.3, 0.4) is 0 Å². The van der Waals surface area contributed by atoms with Crippen LogP contribution < -0.4 is 0 Å². The summed E-state index contributed by atoms with van der Waals surface area (Å²) in [6.45, 7) is 4.13. The predicted octanol–water partition coefficient (Wildman–Crippen LogP) is 8.80. The molecule has 5 aromatic carbocycles. The van der Waals surface area contributed by atoms with Crippen molar-refractivity contribution in [2.75, 3.05) is 0 Å². The van der Waals surface area contributed by atoms with E-state index in [2.05, 4.69) is 86.6 Å². The quantitative estimate of drug-likeness (QED) is 0.198. The van der Waals surface area contributed by atoms with Gasteiger partial charge in [-0.2, -0.15) is 0 Å². The molecular formula is C38H26N6. The molecule has 0 spiro atoms. The molecule has 0 radical (unpaired) electrons. The highest BCUT2D eigenvalue weighted by Crippen LogP contribution is 2.36. The van der Waals surface area contributed by atoms with Crippen LogP contribution in [0.2, 0.25) is 0 Å². The summed E-state index contributed by atoms with van der Waals surface area (Å²) in [5, 5.41) is 5.69. The molecule has 0 aliphatic carbocycles. The number of aromatic nitrogens is 6. The maximum atomic E-state index is 5.06.